The minimum absolute atomic E-state index is 0.249. The Morgan fingerprint density at radius 2 is 2.39 bits per heavy atom. The van der Waals surface area contributed by atoms with Crippen molar-refractivity contribution < 1.29 is 14.3 Å². The number of halogens is 1. The molecule has 0 saturated heterocycles. The Kier molecular flexibility index (Phi) is 3.61. The minimum atomic E-state index is -0.842. The summed E-state index contributed by atoms with van der Waals surface area (Å²) in [6, 6.07) is 3.25. The summed E-state index contributed by atoms with van der Waals surface area (Å²) in [4.78, 5) is 10.7. The molecular formula is C10H11ClN4O3. The van der Waals surface area contributed by atoms with Gasteiger partial charge in [-0.1, -0.05) is 6.92 Å². The summed E-state index contributed by atoms with van der Waals surface area (Å²) >= 11 is 5.68. The van der Waals surface area contributed by atoms with E-state index in [9.17, 15) is 4.79 Å². The highest BCUT2D eigenvalue weighted by Gasteiger charge is 2.16. The molecule has 0 radical (unpaired) electrons. The van der Waals surface area contributed by atoms with Crippen LogP contribution in [0.5, 0.6) is 0 Å². The fraction of sp³-hybridized carbons (Fsp3) is 0.400. The van der Waals surface area contributed by atoms with Crippen molar-refractivity contribution in [3.63, 3.8) is 0 Å². The molecule has 7 nitrogen and oxygen atoms in total. The summed E-state index contributed by atoms with van der Waals surface area (Å²) in [7, 11) is 0. The highest BCUT2D eigenvalue weighted by Crippen LogP contribution is 2.22. The number of carboxylic acid groups (broad SMARTS) is 1. The molecule has 1 N–H and O–H groups in total. The molecule has 2 aromatic rings. The second-order valence-electron chi connectivity index (χ2n) is 3.86. The fourth-order valence-corrected chi connectivity index (χ4v) is 1.55. The highest BCUT2D eigenvalue weighted by molar-refractivity contribution is 6.28. The fourth-order valence-electron chi connectivity index (χ4n) is 1.41. The van der Waals surface area contributed by atoms with Crippen molar-refractivity contribution in [3.8, 4) is 11.6 Å². The molecule has 18 heavy (non-hydrogen) atoms. The van der Waals surface area contributed by atoms with Crippen molar-refractivity contribution in [1.82, 2.24) is 20.2 Å². The van der Waals surface area contributed by atoms with Crippen LogP contribution in [0.2, 0.25) is 5.22 Å². The molecule has 0 amide bonds. The minimum Gasteiger partial charge on any atom is -0.481 e. The number of aliphatic carboxylic acids is 1. The third-order valence-corrected chi connectivity index (χ3v) is 2.72. The number of carboxylic acids is 1. The Morgan fingerprint density at radius 1 is 1.61 bits per heavy atom. The summed E-state index contributed by atoms with van der Waals surface area (Å²) in [5.41, 5.74) is 0. The van der Waals surface area contributed by atoms with Crippen LogP contribution in [0.25, 0.3) is 11.6 Å². The molecule has 96 valence electrons. The Hall–Kier alpha value is -1.89. The Balaban J connectivity index is 2.11. The molecule has 0 aliphatic carbocycles. The van der Waals surface area contributed by atoms with Gasteiger partial charge in [-0.3, -0.25) is 4.79 Å². The van der Waals surface area contributed by atoms with E-state index in [0.29, 0.717) is 24.6 Å². The van der Waals surface area contributed by atoms with E-state index < -0.39 is 11.9 Å². The van der Waals surface area contributed by atoms with E-state index in [-0.39, 0.29) is 5.22 Å². The van der Waals surface area contributed by atoms with Gasteiger partial charge >= 0.3 is 5.97 Å². The number of hydrogen-bond donors (Lipinski definition) is 1. The van der Waals surface area contributed by atoms with Gasteiger partial charge in [0.25, 0.3) is 0 Å². The first-order valence-corrected chi connectivity index (χ1v) is 5.70. The number of hydrogen-bond acceptors (Lipinski definition) is 5. The number of rotatable bonds is 5. The van der Waals surface area contributed by atoms with Crippen LogP contribution in [-0.4, -0.2) is 31.3 Å². The van der Waals surface area contributed by atoms with Crippen LogP contribution in [0, 0.1) is 5.92 Å². The molecule has 0 bridgehead atoms. The van der Waals surface area contributed by atoms with Gasteiger partial charge in [-0.25, -0.2) is 4.68 Å². The van der Waals surface area contributed by atoms with E-state index in [4.69, 9.17) is 21.1 Å². The predicted molar refractivity (Wildman–Crippen MR) is 61.9 cm³/mol. The molecule has 0 aromatic carbocycles. The third kappa shape index (κ3) is 2.67. The number of carbonyl (C=O) groups is 1. The average molecular weight is 271 g/mol. The quantitative estimate of drug-likeness (QED) is 0.888. The van der Waals surface area contributed by atoms with Crippen LogP contribution in [0.4, 0.5) is 0 Å². The molecule has 0 aliphatic heterocycles. The predicted octanol–water partition coefficient (Wildman–Crippen LogP) is 1.70. The van der Waals surface area contributed by atoms with Crippen molar-refractivity contribution in [2.24, 2.45) is 5.92 Å². The van der Waals surface area contributed by atoms with Gasteiger partial charge in [0.1, 0.15) is 0 Å². The zero-order valence-electron chi connectivity index (χ0n) is 9.58. The van der Waals surface area contributed by atoms with Gasteiger partial charge in [0.15, 0.2) is 11.0 Å². The number of tetrazole rings is 1. The van der Waals surface area contributed by atoms with Crippen LogP contribution in [0.1, 0.15) is 13.3 Å². The number of aryl methyl sites for hydroxylation is 1. The normalized spacial score (nSPS) is 12.6. The first-order chi connectivity index (χ1) is 8.58. The van der Waals surface area contributed by atoms with E-state index >= 15 is 0 Å². The second kappa shape index (κ2) is 5.18. The first kappa shape index (κ1) is 12.6. The van der Waals surface area contributed by atoms with Gasteiger partial charge in [0.2, 0.25) is 5.82 Å². The summed E-state index contributed by atoms with van der Waals surface area (Å²) in [5, 5.41) is 20.2. The lowest BCUT2D eigenvalue weighted by atomic mass is 10.1. The summed E-state index contributed by atoms with van der Waals surface area (Å²) in [6.07, 6.45) is 0.432. The zero-order chi connectivity index (χ0) is 13.1. The summed E-state index contributed by atoms with van der Waals surface area (Å²) in [6.45, 7) is 2.03. The summed E-state index contributed by atoms with van der Waals surface area (Å²) < 4.78 is 6.70. The Bertz CT molecular complexity index is 551. The SMILES string of the molecule is CC(CCn1nnnc1-c1ccc(Cl)o1)C(=O)O. The smallest absolute Gasteiger partial charge is 0.306 e. The van der Waals surface area contributed by atoms with Crippen molar-refractivity contribution in [3.05, 3.63) is 17.4 Å². The maximum Gasteiger partial charge on any atom is 0.306 e. The molecular weight excluding hydrogens is 260 g/mol. The van der Waals surface area contributed by atoms with Crippen LogP contribution >= 0.6 is 11.6 Å². The molecule has 0 fully saturated rings. The van der Waals surface area contributed by atoms with E-state index in [2.05, 4.69) is 15.5 Å². The molecule has 2 rings (SSSR count). The summed E-state index contributed by atoms with van der Waals surface area (Å²) in [5.74, 6) is -0.416. The largest absolute Gasteiger partial charge is 0.481 e. The van der Waals surface area contributed by atoms with Gasteiger partial charge in [-0.2, -0.15) is 0 Å². The molecule has 8 heteroatoms. The molecule has 0 aliphatic rings. The first-order valence-electron chi connectivity index (χ1n) is 5.32. The van der Waals surface area contributed by atoms with Crippen molar-refractivity contribution in [2.45, 2.75) is 19.9 Å². The third-order valence-electron chi connectivity index (χ3n) is 2.52. The van der Waals surface area contributed by atoms with E-state index in [0.717, 1.165) is 0 Å². The lowest BCUT2D eigenvalue weighted by Crippen LogP contribution is -2.13. The molecule has 0 spiro atoms. The molecule has 2 aromatic heterocycles. The van der Waals surface area contributed by atoms with E-state index in [1.54, 1.807) is 19.1 Å². The standard InChI is InChI=1S/C10H11ClN4O3/c1-6(10(16)17)4-5-15-9(12-13-14-15)7-2-3-8(11)18-7/h2-3,6H,4-5H2,1H3,(H,16,17). The van der Waals surface area contributed by atoms with E-state index in [1.165, 1.54) is 4.68 Å². The lowest BCUT2D eigenvalue weighted by Gasteiger charge is -2.06. The number of aromatic nitrogens is 4. The van der Waals surface area contributed by atoms with Gasteiger partial charge in [0, 0.05) is 6.54 Å². The number of furan rings is 1. The van der Waals surface area contributed by atoms with Crippen molar-refractivity contribution in [2.75, 3.05) is 0 Å². The van der Waals surface area contributed by atoms with Crippen molar-refractivity contribution >= 4 is 17.6 Å². The topological polar surface area (TPSA) is 94.0 Å². The van der Waals surface area contributed by atoms with Gasteiger partial charge < -0.3 is 9.52 Å². The van der Waals surface area contributed by atoms with E-state index in [1.807, 2.05) is 0 Å². The average Bonchev–Trinajstić information content (AvgIpc) is 2.93. The Morgan fingerprint density at radius 3 is 3.00 bits per heavy atom. The van der Waals surface area contributed by atoms with Gasteiger partial charge in [-0.05, 0) is 40.6 Å². The van der Waals surface area contributed by atoms with Crippen molar-refractivity contribution in [1.29, 1.82) is 0 Å². The number of nitrogens with zero attached hydrogens (tertiary/aromatic N) is 4. The molecule has 2 heterocycles. The molecule has 1 unspecified atom stereocenters. The zero-order valence-corrected chi connectivity index (χ0v) is 10.3. The molecule has 1 atom stereocenters. The van der Waals surface area contributed by atoms with Gasteiger partial charge in [0.05, 0.1) is 5.92 Å². The maximum absolute atomic E-state index is 10.7. The monoisotopic (exact) mass is 270 g/mol. The van der Waals surface area contributed by atoms with Crippen LogP contribution in [0.3, 0.4) is 0 Å². The van der Waals surface area contributed by atoms with Crippen LogP contribution in [-0.2, 0) is 11.3 Å². The molecule has 0 saturated carbocycles. The highest BCUT2D eigenvalue weighted by atomic mass is 35.5. The van der Waals surface area contributed by atoms with Crippen LogP contribution < -0.4 is 0 Å². The lowest BCUT2D eigenvalue weighted by molar-refractivity contribution is -0.141. The maximum atomic E-state index is 10.7. The van der Waals surface area contributed by atoms with Crippen LogP contribution in [0.15, 0.2) is 16.5 Å². The second-order valence-corrected chi connectivity index (χ2v) is 4.23. The van der Waals surface area contributed by atoms with Gasteiger partial charge in [-0.15, -0.1) is 5.10 Å². The Labute approximate surface area is 107 Å².